The highest BCUT2D eigenvalue weighted by atomic mass is 16.5. The second-order valence-electron chi connectivity index (χ2n) is 6.11. The van der Waals surface area contributed by atoms with Gasteiger partial charge in [0.1, 0.15) is 11.5 Å². The number of hydrogen-bond acceptors (Lipinski definition) is 5. The maximum Gasteiger partial charge on any atom is 0.124 e. The topological polar surface area (TPSA) is 54.0 Å². The molecule has 0 amide bonds. The van der Waals surface area contributed by atoms with Gasteiger partial charge in [0.2, 0.25) is 0 Å². The van der Waals surface area contributed by atoms with Crippen molar-refractivity contribution in [2.24, 2.45) is 5.92 Å². The predicted octanol–water partition coefficient (Wildman–Crippen LogP) is 1.77. The highest BCUT2D eigenvalue weighted by Crippen LogP contribution is 2.40. The van der Waals surface area contributed by atoms with Crippen molar-refractivity contribution in [1.29, 1.82) is 0 Å². The van der Waals surface area contributed by atoms with Crippen LogP contribution >= 0.6 is 0 Å². The lowest BCUT2D eigenvalue weighted by atomic mass is 9.85. The minimum Gasteiger partial charge on any atom is -0.507 e. The largest absolute Gasteiger partial charge is 0.507 e. The van der Waals surface area contributed by atoms with E-state index in [1.165, 1.54) is 0 Å². The summed E-state index contributed by atoms with van der Waals surface area (Å²) in [5.41, 5.74) is 1.02. The van der Waals surface area contributed by atoms with Crippen LogP contribution in [0.1, 0.15) is 24.4 Å². The minimum atomic E-state index is 0.261. The van der Waals surface area contributed by atoms with E-state index in [2.05, 4.69) is 10.2 Å². The van der Waals surface area contributed by atoms with Gasteiger partial charge in [-0.25, -0.2) is 0 Å². The Bertz CT molecular complexity index is 465. The molecule has 2 N–H and O–H groups in total. The van der Waals surface area contributed by atoms with E-state index in [0.717, 1.165) is 57.8 Å². The zero-order chi connectivity index (χ0) is 15.4. The van der Waals surface area contributed by atoms with E-state index in [9.17, 15) is 5.11 Å². The van der Waals surface area contributed by atoms with Crippen LogP contribution in [0.5, 0.6) is 11.5 Å². The first-order valence-electron chi connectivity index (χ1n) is 8.19. The Hall–Kier alpha value is -1.30. The first-order chi connectivity index (χ1) is 10.8. The molecule has 0 aromatic heterocycles. The molecule has 5 nitrogen and oxygen atoms in total. The van der Waals surface area contributed by atoms with E-state index >= 15 is 0 Å². The number of rotatable bonds is 4. The molecule has 122 valence electrons. The summed E-state index contributed by atoms with van der Waals surface area (Å²) in [4.78, 5) is 2.51. The summed E-state index contributed by atoms with van der Waals surface area (Å²) in [5.74, 6) is 1.58. The molecule has 2 heterocycles. The van der Waals surface area contributed by atoms with Crippen molar-refractivity contribution in [3.8, 4) is 11.5 Å². The van der Waals surface area contributed by atoms with Crippen molar-refractivity contribution in [3.05, 3.63) is 23.8 Å². The molecule has 2 fully saturated rings. The number of methoxy groups -OCH3 is 1. The average molecular weight is 306 g/mol. The normalized spacial score (nSPS) is 22.4. The van der Waals surface area contributed by atoms with Crippen LogP contribution in [0.4, 0.5) is 0 Å². The molecule has 22 heavy (non-hydrogen) atoms. The van der Waals surface area contributed by atoms with E-state index in [0.29, 0.717) is 17.4 Å². The fourth-order valence-electron chi connectivity index (χ4n) is 3.64. The van der Waals surface area contributed by atoms with Gasteiger partial charge >= 0.3 is 0 Å². The molecule has 2 aliphatic heterocycles. The predicted molar refractivity (Wildman–Crippen MR) is 85.4 cm³/mol. The Balaban J connectivity index is 1.89. The fourth-order valence-corrected chi connectivity index (χ4v) is 3.64. The van der Waals surface area contributed by atoms with E-state index in [-0.39, 0.29) is 6.04 Å². The fraction of sp³-hybridized carbons (Fsp3) is 0.647. The molecule has 0 unspecified atom stereocenters. The van der Waals surface area contributed by atoms with Crippen LogP contribution in [-0.2, 0) is 4.74 Å². The van der Waals surface area contributed by atoms with Gasteiger partial charge in [-0.3, -0.25) is 4.90 Å². The van der Waals surface area contributed by atoms with Crippen molar-refractivity contribution < 1.29 is 14.6 Å². The summed E-state index contributed by atoms with van der Waals surface area (Å²) in [7, 11) is 1.63. The van der Waals surface area contributed by atoms with Crippen molar-refractivity contribution in [2.75, 3.05) is 46.5 Å². The Kier molecular flexibility index (Phi) is 5.18. The first-order valence-corrected chi connectivity index (χ1v) is 8.19. The number of ether oxygens (including phenoxy) is 2. The number of nitrogens with one attached hydrogen (secondary N) is 1. The highest BCUT2D eigenvalue weighted by molar-refractivity contribution is 5.42. The molecule has 0 bridgehead atoms. The number of aromatic hydroxyl groups is 1. The van der Waals surface area contributed by atoms with Gasteiger partial charge in [0.25, 0.3) is 0 Å². The molecule has 0 saturated carbocycles. The summed E-state index contributed by atoms with van der Waals surface area (Å²) in [6.07, 6.45) is 2.11. The first kappa shape index (κ1) is 15.6. The van der Waals surface area contributed by atoms with Gasteiger partial charge in [0.15, 0.2) is 0 Å². The lowest BCUT2D eigenvalue weighted by Gasteiger charge is -2.41. The summed E-state index contributed by atoms with van der Waals surface area (Å²) in [6, 6.07) is 5.96. The smallest absolute Gasteiger partial charge is 0.124 e. The average Bonchev–Trinajstić information content (AvgIpc) is 2.58. The van der Waals surface area contributed by atoms with Gasteiger partial charge in [0.05, 0.1) is 7.11 Å². The molecule has 0 aliphatic carbocycles. The van der Waals surface area contributed by atoms with Gasteiger partial charge in [-0.2, -0.15) is 0 Å². The maximum absolute atomic E-state index is 10.5. The second-order valence-corrected chi connectivity index (χ2v) is 6.11. The molecular formula is C17H26N2O3. The maximum atomic E-state index is 10.5. The lowest BCUT2D eigenvalue weighted by molar-refractivity contribution is 0.0206. The van der Waals surface area contributed by atoms with Gasteiger partial charge in [-0.1, -0.05) is 6.07 Å². The number of benzene rings is 1. The third-order valence-corrected chi connectivity index (χ3v) is 4.81. The van der Waals surface area contributed by atoms with Crippen LogP contribution < -0.4 is 10.1 Å². The summed E-state index contributed by atoms with van der Waals surface area (Å²) < 4.78 is 10.7. The zero-order valence-electron chi connectivity index (χ0n) is 13.3. The number of phenolic OH excluding ortho intramolecular Hbond substituents is 1. The molecule has 0 spiro atoms. The van der Waals surface area contributed by atoms with Gasteiger partial charge in [-0.15, -0.1) is 0 Å². The van der Waals surface area contributed by atoms with Crippen molar-refractivity contribution in [2.45, 2.75) is 18.9 Å². The standard InChI is InChI=1S/C17H26N2O3/c1-21-14-2-3-15(16(20)12-14)17(13-4-10-22-11-5-13)19-8-6-18-7-9-19/h2-3,12-13,17-18,20H,4-11H2,1H3/t17-/m0/s1. The summed E-state index contributed by atoms with van der Waals surface area (Å²) in [6.45, 7) is 5.71. The van der Waals surface area contributed by atoms with Gasteiger partial charge < -0.3 is 19.9 Å². The molecule has 1 aromatic carbocycles. The Morgan fingerprint density at radius 3 is 2.64 bits per heavy atom. The van der Waals surface area contributed by atoms with Gasteiger partial charge in [0, 0.05) is 57.1 Å². The van der Waals surface area contributed by atoms with Crippen LogP contribution in [0.25, 0.3) is 0 Å². The number of phenols is 1. The van der Waals surface area contributed by atoms with E-state index in [1.807, 2.05) is 12.1 Å². The third kappa shape index (κ3) is 3.37. The SMILES string of the molecule is COc1ccc([C@H](C2CCOCC2)N2CCNCC2)c(O)c1. The molecular weight excluding hydrogens is 280 g/mol. The molecule has 2 saturated heterocycles. The quantitative estimate of drug-likeness (QED) is 0.888. The Labute approximate surface area is 132 Å². The van der Waals surface area contributed by atoms with Crippen LogP contribution in [0.3, 0.4) is 0 Å². The third-order valence-electron chi connectivity index (χ3n) is 4.81. The number of nitrogens with zero attached hydrogens (tertiary/aromatic N) is 1. The summed E-state index contributed by atoms with van der Waals surface area (Å²) >= 11 is 0. The van der Waals surface area contributed by atoms with Crippen molar-refractivity contribution >= 4 is 0 Å². The minimum absolute atomic E-state index is 0.261. The van der Waals surface area contributed by atoms with Crippen LogP contribution in [0.15, 0.2) is 18.2 Å². The van der Waals surface area contributed by atoms with Crippen LogP contribution in [0.2, 0.25) is 0 Å². The molecule has 0 radical (unpaired) electrons. The summed E-state index contributed by atoms with van der Waals surface area (Å²) in [5, 5.41) is 13.9. The number of hydrogen-bond donors (Lipinski definition) is 2. The monoisotopic (exact) mass is 306 g/mol. The molecule has 2 aliphatic rings. The molecule has 1 aromatic rings. The zero-order valence-corrected chi connectivity index (χ0v) is 13.3. The van der Waals surface area contributed by atoms with Crippen LogP contribution in [0, 0.1) is 5.92 Å². The highest BCUT2D eigenvalue weighted by Gasteiger charge is 2.32. The molecule has 3 rings (SSSR count). The van der Waals surface area contributed by atoms with Crippen molar-refractivity contribution in [3.63, 3.8) is 0 Å². The van der Waals surface area contributed by atoms with Crippen LogP contribution in [-0.4, -0.2) is 56.5 Å². The lowest BCUT2D eigenvalue weighted by Crippen LogP contribution is -2.47. The van der Waals surface area contributed by atoms with E-state index in [1.54, 1.807) is 13.2 Å². The number of piperazine rings is 1. The van der Waals surface area contributed by atoms with Gasteiger partial charge in [-0.05, 0) is 24.8 Å². The Morgan fingerprint density at radius 2 is 2.00 bits per heavy atom. The molecule has 5 heteroatoms. The van der Waals surface area contributed by atoms with E-state index < -0.39 is 0 Å². The Morgan fingerprint density at radius 1 is 1.27 bits per heavy atom. The van der Waals surface area contributed by atoms with Crippen molar-refractivity contribution in [1.82, 2.24) is 10.2 Å². The molecule has 1 atom stereocenters. The van der Waals surface area contributed by atoms with E-state index in [4.69, 9.17) is 9.47 Å². The second kappa shape index (κ2) is 7.31.